The minimum Gasteiger partial charge on any atom is -0.238 e. The number of aliphatic imine (C=N–C) groups is 1. The summed E-state index contributed by atoms with van der Waals surface area (Å²) in [6.07, 6.45) is -4.42. The third-order valence-corrected chi connectivity index (χ3v) is 2.31. The Hall–Kier alpha value is -1.10. The van der Waals surface area contributed by atoms with E-state index in [1.165, 1.54) is 24.3 Å². The molecule has 15 heavy (non-hydrogen) atoms. The fraction of sp³-hybridized carbons (Fsp3) is 0.111. The molecule has 0 radical (unpaired) electrons. The third kappa shape index (κ3) is 3.51. The van der Waals surface area contributed by atoms with E-state index in [4.69, 9.17) is 5.26 Å². The molecule has 0 aromatic heterocycles. The molecule has 0 N–H and O–H groups in total. The molecule has 2 nitrogen and oxygen atoms in total. The van der Waals surface area contributed by atoms with Crippen molar-refractivity contribution in [2.24, 2.45) is 4.99 Å². The van der Waals surface area contributed by atoms with Crippen molar-refractivity contribution in [1.29, 1.82) is 5.26 Å². The number of hydrogen-bond acceptors (Lipinski definition) is 2. The smallest absolute Gasteiger partial charge is 0.238 e. The molecule has 0 atom stereocenters. The molecule has 1 aromatic carbocycles. The van der Waals surface area contributed by atoms with Crippen LogP contribution in [0.15, 0.2) is 29.3 Å². The predicted octanol–water partition coefficient (Wildman–Crippen LogP) is 3.59. The first-order chi connectivity index (χ1) is 6.93. The fourth-order valence-electron chi connectivity index (χ4n) is 0.787. The largest absolute Gasteiger partial charge is 0.439 e. The van der Waals surface area contributed by atoms with Gasteiger partial charge in [0.1, 0.15) is 0 Å². The number of halogens is 4. The summed E-state index contributed by atoms with van der Waals surface area (Å²) in [7, 11) is 0. The van der Waals surface area contributed by atoms with Gasteiger partial charge in [-0.3, -0.25) is 0 Å². The van der Waals surface area contributed by atoms with Crippen molar-refractivity contribution in [3.8, 4) is 6.07 Å². The predicted molar refractivity (Wildman–Crippen MR) is 58.3 cm³/mol. The Balaban J connectivity index is 2.96. The van der Waals surface area contributed by atoms with Crippen molar-refractivity contribution in [2.75, 3.05) is 0 Å². The Morgan fingerprint density at radius 2 is 1.80 bits per heavy atom. The summed E-state index contributed by atoms with van der Waals surface area (Å²) in [5.41, 5.74) is 0.562. The molecule has 1 rings (SSSR count). The van der Waals surface area contributed by atoms with Crippen LogP contribution in [0.25, 0.3) is 0 Å². The van der Waals surface area contributed by atoms with Crippen LogP contribution < -0.4 is 0 Å². The summed E-state index contributed by atoms with van der Waals surface area (Å²) < 4.78 is 35.3. The number of rotatable bonds is 1. The molecule has 0 spiro atoms. The Morgan fingerprint density at radius 1 is 1.27 bits per heavy atom. The zero-order valence-electron chi connectivity index (χ0n) is 7.22. The van der Waals surface area contributed by atoms with Crippen molar-refractivity contribution in [1.82, 2.24) is 0 Å². The van der Waals surface area contributed by atoms with E-state index >= 15 is 0 Å². The molecule has 0 bridgehead atoms. The molecule has 0 unspecified atom stereocenters. The molecular formula is C9H4F3IN2. The van der Waals surface area contributed by atoms with Gasteiger partial charge in [0.15, 0.2) is 3.72 Å². The molecule has 0 fully saturated rings. The van der Waals surface area contributed by atoms with Crippen LogP contribution in [-0.4, -0.2) is 9.89 Å². The maximum atomic E-state index is 12.1. The zero-order chi connectivity index (χ0) is 11.5. The second-order valence-electron chi connectivity index (χ2n) is 2.56. The van der Waals surface area contributed by atoms with Gasteiger partial charge in [0.05, 0.1) is 17.3 Å². The average molecular weight is 324 g/mol. The summed E-state index contributed by atoms with van der Waals surface area (Å²) in [5.74, 6) is 0. The fourth-order valence-corrected chi connectivity index (χ4v) is 1.07. The van der Waals surface area contributed by atoms with E-state index in [1.807, 2.05) is 6.07 Å². The van der Waals surface area contributed by atoms with Gasteiger partial charge in [-0.05, 0) is 46.9 Å². The van der Waals surface area contributed by atoms with E-state index in [9.17, 15) is 13.2 Å². The number of alkyl halides is 3. The highest BCUT2D eigenvalue weighted by molar-refractivity contribution is 14.1. The standard InChI is InChI=1S/C9H4F3IN2/c10-9(11,12)8(13)15-7-3-1-6(5-14)2-4-7/h1-4H. The molecule has 0 aliphatic heterocycles. The van der Waals surface area contributed by atoms with Crippen molar-refractivity contribution in [3.63, 3.8) is 0 Å². The average Bonchev–Trinajstić information content (AvgIpc) is 2.17. The lowest BCUT2D eigenvalue weighted by atomic mass is 10.2. The summed E-state index contributed by atoms with van der Waals surface area (Å²) in [4.78, 5) is 3.37. The van der Waals surface area contributed by atoms with E-state index in [2.05, 4.69) is 4.99 Å². The first kappa shape index (κ1) is 12.0. The normalized spacial score (nSPS) is 12.3. The van der Waals surface area contributed by atoms with Crippen molar-refractivity contribution < 1.29 is 13.2 Å². The van der Waals surface area contributed by atoms with Gasteiger partial charge in [-0.25, -0.2) is 4.99 Å². The van der Waals surface area contributed by atoms with Gasteiger partial charge in [0.25, 0.3) is 0 Å². The summed E-state index contributed by atoms with van der Waals surface area (Å²) in [5, 5.41) is 8.47. The monoisotopic (exact) mass is 324 g/mol. The molecular weight excluding hydrogens is 320 g/mol. The Morgan fingerprint density at radius 3 is 2.20 bits per heavy atom. The van der Waals surface area contributed by atoms with Gasteiger partial charge in [-0.15, -0.1) is 0 Å². The van der Waals surface area contributed by atoms with Gasteiger partial charge in [-0.1, -0.05) is 0 Å². The molecule has 0 aliphatic rings. The highest BCUT2D eigenvalue weighted by Gasteiger charge is 2.33. The summed E-state index contributed by atoms with van der Waals surface area (Å²) >= 11 is 1.13. The van der Waals surface area contributed by atoms with Crippen LogP contribution in [0, 0.1) is 11.3 Å². The molecule has 6 heteroatoms. The van der Waals surface area contributed by atoms with Crippen LogP contribution in [0.1, 0.15) is 5.56 Å². The van der Waals surface area contributed by atoms with Gasteiger partial charge >= 0.3 is 6.18 Å². The van der Waals surface area contributed by atoms with Crippen LogP contribution in [0.4, 0.5) is 18.9 Å². The van der Waals surface area contributed by atoms with E-state index in [1.54, 1.807) is 0 Å². The van der Waals surface area contributed by atoms with Gasteiger partial charge in [0, 0.05) is 0 Å². The first-order valence-electron chi connectivity index (χ1n) is 3.75. The van der Waals surface area contributed by atoms with Crippen LogP contribution in [0.3, 0.4) is 0 Å². The Kier molecular flexibility index (Phi) is 3.68. The van der Waals surface area contributed by atoms with Gasteiger partial charge in [0.2, 0.25) is 0 Å². The molecule has 1 aromatic rings. The van der Waals surface area contributed by atoms with E-state index < -0.39 is 9.89 Å². The third-order valence-electron chi connectivity index (χ3n) is 1.46. The molecule has 78 valence electrons. The SMILES string of the molecule is N#Cc1ccc(N=C(I)C(F)(F)F)cc1. The quantitative estimate of drug-likeness (QED) is 0.574. The molecule has 0 heterocycles. The van der Waals surface area contributed by atoms with E-state index in [0.29, 0.717) is 5.56 Å². The number of nitrogens with zero attached hydrogens (tertiary/aromatic N) is 2. The highest BCUT2D eigenvalue weighted by Crippen LogP contribution is 2.25. The van der Waals surface area contributed by atoms with Crippen molar-refractivity contribution in [2.45, 2.75) is 6.18 Å². The van der Waals surface area contributed by atoms with Crippen molar-refractivity contribution in [3.05, 3.63) is 29.8 Å². The lowest BCUT2D eigenvalue weighted by molar-refractivity contribution is -0.0544. The second kappa shape index (κ2) is 4.61. The van der Waals surface area contributed by atoms with E-state index in [-0.39, 0.29) is 5.69 Å². The van der Waals surface area contributed by atoms with Crippen molar-refractivity contribution >= 4 is 32.0 Å². The minimum atomic E-state index is -4.42. The van der Waals surface area contributed by atoms with Crippen LogP contribution >= 0.6 is 22.6 Å². The highest BCUT2D eigenvalue weighted by atomic mass is 127. The van der Waals surface area contributed by atoms with Gasteiger partial charge in [-0.2, -0.15) is 18.4 Å². The maximum Gasteiger partial charge on any atom is 0.439 e. The zero-order valence-corrected chi connectivity index (χ0v) is 9.37. The molecule has 0 saturated carbocycles. The first-order valence-corrected chi connectivity index (χ1v) is 4.83. The molecule has 0 amide bonds. The second-order valence-corrected chi connectivity index (χ2v) is 3.58. The van der Waals surface area contributed by atoms with Crippen LogP contribution in [0.5, 0.6) is 0 Å². The molecule has 0 saturated heterocycles. The lowest BCUT2D eigenvalue weighted by Crippen LogP contribution is -2.15. The topological polar surface area (TPSA) is 36.1 Å². The summed E-state index contributed by atoms with van der Waals surface area (Å²) in [6, 6.07) is 7.42. The molecule has 0 aliphatic carbocycles. The lowest BCUT2D eigenvalue weighted by Gasteiger charge is -2.03. The number of nitriles is 1. The van der Waals surface area contributed by atoms with Crippen LogP contribution in [0.2, 0.25) is 0 Å². The minimum absolute atomic E-state index is 0.177. The number of hydrogen-bond donors (Lipinski definition) is 0. The van der Waals surface area contributed by atoms with Crippen LogP contribution in [-0.2, 0) is 0 Å². The summed E-state index contributed by atoms with van der Waals surface area (Å²) in [6.45, 7) is 0. The van der Waals surface area contributed by atoms with E-state index in [0.717, 1.165) is 22.6 Å². The Bertz CT molecular complexity index is 414. The maximum absolute atomic E-state index is 12.1. The Labute approximate surface area is 97.6 Å². The van der Waals surface area contributed by atoms with Gasteiger partial charge < -0.3 is 0 Å². The number of benzene rings is 1.